The number of rotatable bonds is 5. The summed E-state index contributed by atoms with van der Waals surface area (Å²) in [5, 5.41) is 0. The van der Waals surface area contributed by atoms with Gasteiger partial charge in [0.1, 0.15) is 5.82 Å². The van der Waals surface area contributed by atoms with E-state index in [0.717, 1.165) is 39.4 Å². The molecule has 1 heterocycles. The van der Waals surface area contributed by atoms with Gasteiger partial charge in [0.25, 0.3) is 0 Å². The summed E-state index contributed by atoms with van der Waals surface area (Å²) < 4.78 is 5.40. The first-order valence-electron chi connectivity index (χ1n) is 6.24. The summed E-state index contributed by atoms with van der Waals surface area (Å²) in [6.45, 7) is 12.2. The molecule has 3 nitrogen and oxygen atoms in total. The van der Waals surface area contributed by atoms with Crippen molar-refractivity contribution in [2.75, 3.05) is 39.4 Å². The molecule has 0 aromatic carbocycles. The van der Waals surface area contributed by atoms with Crippen LogP contribution in [-0.4, -0.2) is 49.2 Å². The third-order valence-electron chi connectivity index (χ3n) is 2.86. The van der Waals surface area contributed by atoms with Crippen LogP contribution in [0.1, 0.15) is 20.8 Å². The van der Waals surface area contributed by atoms with Gasteiger partial charge in [0.05, 0.1) is 13.2 Å². The van der Waals surface area contributed by atoms with Crippen molar-refractivity contribution in [1.82, 2.24) is 9.80 Å². The molecule has 1 saturated heterocycles. The Morgan fingerprint density at radius 1 is 1.25 bits per heavy atom. The fourth-order valence-corrected chi connectivity index (χ4v) is 1.93. The number of ether oxygens (including phenoxy) is 1. The van der Waals surface area contributed by atoms with E-state index < -0.39 is 0 Å². The second kappa shape index (κ2) is 7.34. The van der Waals surface area contributed by atoms with E-state index in [1.54, 1.807) is 0 Å². The van der Waals surface area contributed by atoms with Gasteiger partial charge in [0, 0.05) is 26.2 Å². The van der Waals surface area contributed by atoms with Crippen molar-refractivity contribution >= 4 is 0 Å². The van der Waals surface area contributed by atoms with E-state index in [1.807, 2.05) is 0 Å². The van der Waals surface area contributed by atoms with Crippen molar-refractivity contribution < 1.29 is 4.74 Å². The average Bonchev–Trinajstić information content (AvgIpc) is 2.35. The van der Waals surface area contributed by atoms with Crippen molar-refractivity contribution in [2.24, 2.45) is 0 Å². The molecule has 3 heteroatoms. The smallest absolute Gasteiger partial charge is 0.104 e. The number of morpholine rings is 1. The Morgan fingerprint density at radius 2 is 1.88 bits per heavy atom. The molecule has 0 bridgehead atoms. The fraction of sp³-hybridized carbons (Fsp3) is 0.692. The molecule has 0 amide bonds. The van der Waals surface area contributed by atoms with Gasteiger partial charge in [0.15, 0.2) is 0 Å². The first-order chi connectivity index (χ1) is 7.83. The van der Waals surface area contributed by atoms with Crippen LogP contribution < -0.4 is 0 Å². The molecule has 0 radical (unpaired) electrons. The summed E-state index contributed by atoms with van der Waals surface area (Å²) in [7, 11) is 0. The van der Waals surface area contributed by atoms with Gasteiger partial charge in [-0.05, 0) is 26.8 Å². The largest absolute Gasteiger partial charge is 0.378 e. The van der Waals surface area contributed by atoms with E-state index in [9.17, 15) is 0 Å². The summed E-state index contributed by atoms with van der Waals surface area (Å²) in [6, 6.07) is 0. The number of hydrogen-bond donors (Lipinski definition) is 0. The number of hydrogen-bond acceptors (Lipinski definition) is 3. The van der Waals surface area contributed by atoms with E-state index >= 15 is 0 Å². The van der Waals surface area contributed by atoms with Crippen LogP contribution >= 0.6 is 0 Å². The summed E-state index contributed by atoms with van der Waals surface area (Å²) in [5.74, 6) is 1.33. The van der Waals surface area contributed by atoms with E-state index in [1.165, 1.54) is 5.82 Å². The molecule has 16 heavy (non-hydrogen) atoms. The van der Waals surface area contributed by atoms with Gasteiger partial charge in [-0.15, -0.1) is 0 Å². The van der Waals surface area contributed by atoms with Gasteiger partial charge in [-0.2, -0.15) is 0 Å². The fourth-order valence-electron chi connectivity index (χ4n) is 1.93. The summed E-state index contributed by atoms with van der Waals surface area (Å²) in [5.41, 5.74) is 0. The van der Waals surface area contributed by atoms with E-state index in [0.29, 0.717) is 0 Å². The van der Waals surface area contributed by atoms with E-state index in [2.05, 4.69) is 48.8 Å². The summed E-state index contributed by atoms with van der Waals surface area (Å²) >= 11 is 0. The number of allylic oxidation sites excluding steroid dienone is 3. The van der Waals surface area contributed by atoms with Crippen LogP contribution in [0, 0.1) is 0 Å². The molecule has 0 saturated carbocycles. The Kier molecular flexibility index (Phi) is 6.01. The van der Waals surface area contributed by atoms with Gasteiger partial charge in [-0.1, -0.05) is 12.2 Å². The van der Waals surface area contributed by atoms with Crippen LogP contribution in [0.4, 0.5) is 0 Å². The van der Waals surface area contributed by atoms with Crippen LogP contribution in [-0.2, 0) is 4.74 Å². The zero-order valence-electron chi connectivity index (χ0n) is 10.8. The minimum absolute atomic E-state index is 0.842. The lowest BCUT2D eigenvalue weighted by Crippen LogP contribution is -2.42. The van der Waals surface area contributed by atoms with Gasteiger partial charge >= 0.3 is 0 Å². The molecular weight excluding hydrogens is 200 g/mol. The quantitative estimate of drug-likeness (QED) is 0.665. The van der Waals surface area contributed by atoms with Crippen LogP contribution in [0.5, 0.6) is 0 Å². The topological polar surface area (TPSA) is 15.7 Å². The van der Waals surface area contributed by atoms with Gasteiger partial charge in [-0.3, -0.25) is 0 Å². The molecule has 1 aliphatic rings. The van der Waals surface area contributed by atoms with E-state index in [-0.39, 0.29) is 0 Å². The van der Waals surface area contributed by atoms with Gasteiger partial charge in [-0.25, -0.2) is 0 Å². The molecule has 0 aromatic heterocycles. The highest BCUT2D eigenvalue weighted by Crippen LogP contribution is 2.13. The van der Waals surface area contributed by atoms with Crippen LogP contribution in [0.2, 0.25) is 0 Å². The summed E-state index contributed by atoms with van der Waals surface area (Å²) in [6.07, 6.45) is 6.39. The maximum Gasteiger partial charge on any atom is 0.104 e. The third kappa shape index (κ3) is 3.56. The highest BCUT2D eigenvalue weighted by molar-refractivity contribution is 5.11. The molecule has 0 spiro atoms. The first-order valence-corrected chi connectivity index (χ1v) is 6.24. The standard InChI is InChI=1S/C13H24N2O/c1-4-7-8-13(14(5-2)6-3)15-9-11-16-12-10-15/h4,7-8H,5-6,9-12H2,1-3H3/b7-4+,13-8-. The normalized spacial score (nSPS) is 18.2. The molecule has 0 aromatic rings. The lowest BCUT2D eigenvalue weighted by atomic mass is 10.3. The van der Waals surface area contributed by atoms with Crippen LogP contribution in [0.25, 0.3) is 0 Å². The second-order valence-corrected chi connectivity index (χ2v) is 3.82. The molecule has 1 rings (SSSR count). The van der Waals surface area contributed by atoms with Crippen molar-refractivity contribution in [1.29, 1.82) is 0 Å². The van der Waals surface area contributed by atoms with Crippen molar-refractivity contribution in [3.8, 4) is 0 Å². The zero-order chi connectivity index (χ0) is 11.8. The maximum atomic E-state index is 5.40. The predicted molar refractivity (Wildman–Crippen MR) is 68.2 cm³/mol. The van der Waals surface area contributed by atoms with Gasteiger partial charge in [0.2, 0.25) is 0 Å². The van der Waals surface area contributed by atoms with Crippen molar-refractivity contribution in [3.05, 3.63) is 24.0 Å². The van der Waals surface area contributed by atoms with Gasteiger partial charge < -0.3 is 14.5 Å². The van der Waals surface area contributed by atoms with Crippen LogP contribution in [0.3, 0.4) is 0 Å². The van der Waals surface area contributed by atoms with Crippen LogP contribution in [0.15, 0.2) is 24.0 Å². The van der Waals surface area contributed by atoms with Crippen molar-refractivity contribution in [2.45, 2.75) is 20.8 Å². The highest BCUT2D eigenvalue weighted by atomic mass is 16.5. The second-order valence-electron chi connectivity index (χ2n) is 3.82. The molecule has 0 aliphatic carbocycles. The Bertz CT molecular complexity index is 238. The zero-order valence-corrected chi connectivity index (χ0v) is 10.8. The third-order valence-corrected chi connectivity index (χ3v) is 2.86. The molecule has 0 N–H and O–H groups in total. The Labute approximate surface area is 99.4 Å². The van der Waals surface area contributed by atoms with Crippen molar-refractivity contribution in [3.63, 3.8) is 0 Å². The first kappa shape index (κ1) is 13.1. The monoisotopic (exact) mass is 224 g/mol. The predicted octanol–water partition coefficient (Wildman–Crippen LogP) is 2.08. The lowest BCUT2D eigenvalue weighted by Gasteiger charge is -2.37. The molecule has 1 aliphatic heterocycles. The molecule has 0 atom stereocenters. The minimum atomic E-state index is 0.842. The molecule has 1 fully saturated rings. The molecule has 92 valence electrons. The maximum absolute atomic E-state index is 5.40. The highest BCUT2D eigenvalue weighted by Gasteiger charge is 2.16. The Balaban J connectivity index is 2.76. The average molecular weight is 224 g/mol. The lowest BCUT2D eigenvalue weighted by molar-refractivity contribution is 0.0386. The van der Waals surface area contributed by atoms with E-state index in [4.69, 9.17) is 4.74 Å². The SMILES string of the molecule is C/C=C/C=C(/N(CC)CC)N1CCOCC1. The summed E-state index contributed by atoms with van der Waals surface area (Å²) in [4.78, 5) is 4.81. The minimum Gasteiger partial charge on any atom is -0.378 e. The molecule has 0 unspecified atom stereocenters. The number of nitrogens with zero attached hydrogens (tertiary/aromatic N) is 2. The Morgan fingerprint density at radius 3 is 2.38 bits per heavy atom. The molecular formula is C13H24N2O. The Hall–Kier alpha value is -0.960.